The molecule has 1 amide bonds. The minimum absolute atomic E-state index is 0.0705. The summed E-state index contributed by atoms with van der Waals surface area (Å²) in [5.41, 5.74) is 3.55. The van der Waals surface area contributed by atoms with Crippen LogP contribution in [0, 0.1) is 6.92 Å². The first kappa shape index (κ1) is 14.3. The van der Waals surface area contributed by atoms with Gasteiger partial charge in [-0.1, -0.05) is 30.4 Å². The summed E-state index contributed by atoms with van der Waals surface area (Å²) in [5.74, 6) is -0.0705. The molecule has 0 fully saturated rings. The summed E-state index contributed by atoms with van der Waals surface area (Å²) < 4.78 is 5.36. The minimum atomic E-state index is -0.0705. The van der Waals surface area contributed by atoms with E-state index in [1.54, 1.807) is 0 Å². The van der Waals surface area contributed by atoms with E-state index < -0.39 is 0 Å². The van der Waals surface area contributed by atoms with Crippen molar-refractivity contribution in [1.82, 2.24) is 10.3 Å². The van der Waals surface area contributed by atoms with Crippen molar-refractivity contribution in [3.8, 4) is 0 Å². The van der Waals surface area contributed by atoms with Crippen LogP contribution in [0.15, 0.2) is 36.4 Å². The number of carbonyl (C=O) groups excluding carboxylic acids is 1. The maximum absolute atomic E-state index is 12.2. The quantitative estimate of drug-likeness (QED) is 0.627. The lowest BCUT2D eigenvalue weighted by Crippen LogP contribution is -2.27. The Labute approximate surface area is 118 Å². The first-order valence-corrected chi connectivity index (χ1v) is 6.67. The molecule has 0 spiro atoms. The lowest BCUT2D eigenvalue weighted by molar-refractivity contribution is 0.0928. The van der Waals surface area contributed by atoms with Crippen molar-refractivity contribution in [3.05, 3.63) is 47.7 Å². The molecule has 1 heterocycles. The average Bonchev–Trinajstić information content (AvgIpc) is 2.73. The molecule has 0 bridgehead atoms. The summed E-state index contributed by atoms with van der Waals surface area (Å²) in [6.07, 6.45) is 0. The van der Waals surface area contributed by atoms with E-state index in [4.69, 9.17) is 4.74 Å². The number of aromatic amines is 1. The van der Waals surface area contributed by atoms with Gasteiger partial charge in [0.1, 0.15) is 0 Å². The SMILES string of the molecule is C=C(C)COCCNC(=O)c1c(C)[nH]c2ccccc12. The normalized spacial score (nSPS) is 10.7. The molecule has 0 unspecified atom stereocenters. The number of fused-ring (bicyclic) bond motifs is 1. The third-order valence-corrected chi connectivity index (χ3v) is 3.00. The number of carbonyl (C=O) groups is 1. The topological polar surface area (TPSA) is 54.1 Å². The van der Waals surface area contributed by atoms with Gasteiger partial charge >= 0.3 is 0 Å². The monoisotopic (exact) mass is 272 g/mol. The molecule has 0 saturated carbocycles. The zero-order valence-electron chi connectivity index (χ0n) is 12.0. The Morgan fingerprint density at radius 2 is 2.15 bits per heavy atom. The van der Waals surface area contributed by atoms with Crippen LogP contribution in [0.4, 0.5) is 0 Å². The predicted octanol–water partition coefficient (Wildman–Crippen LogP) is 2.80. The molecular weight excluding hydrogens is 252 g/mol. The lowest BCUT2D eigenvalue weighted by atomic mass is 10.1. The van der Waals surface area contributed by atoms with Gasteiger partial charge in [0.25, 0.3) is 5.91 Å². The van der Waals surface area contributed by atoms with Crippen molar-refractivity contribution >= 4 is 16.8 Å². The van der Waals surface area contributed by atoms with E-state index in [9.17, 15) is 4.79 Å². The largest absolute Gasteiger partial charge is 0.375 e. The summed E-state index contributed by atoms with van der Waals surface area (Å²) in [6, 6.07) is 7.80. The number of benzene rings is 1. The summed E-state index contributed by atoms with van der Waals surface area (Å²) >= 11 is 0. The molecule has 0 radical (unpaired) electrons. The number of H-pyrrole nitrogens is 1. The van der Waals surface area contributed by atoms with Crippen LogP contribution >= 0.6 is 0 Å². The van der Waals surface area contributed by atoms with E-state index >= 15 is 0 Å². The molecule has 0 atom stereocenters. The van der Waals surface area contributed by atoms with Gasteiger partial charge in [-0.3, -0.25) is 4.79 Å². The zero-order chi connectivity index (χ0) is 14.5. The van der Waals surface area contributed by atoms with Crippen LogP contribution in [0.2, 0.25) is 0 Å². The van der Waals surface area contributed by atoms with Crippen LogP contribution in [-0.2, 0) is 4.74 Å². The zero-order valence-corrected chi connectivity index (χ0v) is 12.0. The fourth-order valence-corrected chi connectivity index (χ4v) is 2.14. The molecule has 2 aromatic rings. The van der Waals surface area contributed by atoms with Gasteiger partial charge in [-0.25, -0.2) is 0 Å². The third-order valence-electron chi connectivity index (χ3n) is 3.00. The van der Waals surface area contributed by atoms with Crippen molar-refractivity contribution in [2.75, 3.05) is 19.8 Å². The molecule has 0 saturated heterocycles. The highest BCUT2D eigenvalue weighted by molar-refractivity contribution is 6.08. The summed E-state index contributed by atoms with van der Waals surface area (Å²) in [6.45, 7) is 9.08. The number of para-hydroxylation sites is 1. The second kappa shape index (κ2) is 6.39. The van der Waals surface area contributed by atoms with Gasteiger partial charge in [-0.2, -0.15) is 0 Å². The molecule has 0 aliphatic heterocycles. The van der Waals surface area contributed by atoms with Gasteiger partial charge < -0.3 is 15.0 Å². The number of amides is 1. The van der Waals surface area contributed by atoms with Gasteiger partial charge in [-0.05, 0) is 19.9 Å². The second-order valence-corrected chi connectivity index (χ2v) is 4.94. The standard InChI is InChI=1S/C16H20N2O2/c1-11(2)10-20-9-8-17-16(19)15-12(3)18-14-7-5-4-6-13(14)15/h4-7,18H,1,8-10H2,2-3H3,(H,17,19). The Balaban J connectivity index is 1.97. The van der Waals surface area contributed by atoms with Gasteiger partial charge in [-0.15, -0.1) is 0 Å². The molecule has 20 heavy (non-hydrogen) atoms. The van der Waals surface area contributed by atoms with E-state index in [1.807, 2.05) is 38.1 Å². The molecule has 0 aliphatic carbocycles. The van der Waals surface area contributed by atoms with E-state index in [0.29, 0.717) is 25.3 Å². The molecule has 1 aromatic heterocycles. The van der Waals surface area contributed by atoms with Crippen LogP contribution < -0.4 is 5.32 Å². The molecule has 2 rings (SSSR count). The maximum Gasteiger partial charge on any atom is 0.253 e. The summed E-state index contributed by atoms with van der Waals surface area (Å²) in [5, 5.41) is 3.83. The molecular formula is C16H20N2O2. The number of hydrogen-bond donors (Lipinski definition) is 2. The number of hydrogen-bond acceptors (Lipinski definition) is 2. The van der Waals surface area contributed by atoms with Crippen LogP contribution in [0.25, 0.3) is 10.9 Å². The number of rotatable bonds is 6. The van der Waals surface area contributed by atoms with Gasteiger partial charge in [0.05, 0.1) is 18.8 Å². The van der Waals surface area contributed by atoms with Crippen molar-refractivity contribution in [3.63, 3.8) is 0 Å². The number of aromatic nitrogens is 1. The smallest absolute Gasteiger partial charge is 0.253 e. The highest BCUT2D eigenvalue weighted by Crippen LogP contribution is 2.21. The molecule has 4 heteroatoms. The maximum atomic E-state index is 12.2. The first-order valence-electron chi connectivity index (χ1n) is 6.67. The van der Waals surface area contributed by atoms with Crippen LogP contribution in [0.5, 0.6) is 0 Å². The van der Waals surface area contributed by atoms with Crippen LogP contribution in [-0.4, -0.2) is 30.6 Å². The van der Waals surface area contributed by atoms with Gasteiger partial charge in [0.15, 0.2) is 0 Å². The number of nitrogens with one attached hydrogen (secondary N) is 2. The average molecular weight is 272 g/mol. The Bertz CT molecular complexity index is 628. The number of ether oxygens (including phenoxy) is 1. The number of aryl methyl sites for hydroxylation is 1. The molecule has 0 aliphatic rings. The van der Waals surface area contributed by atoms with E-state index in [2.05, 4.69) is 16.9 Å². The summed E-state index contributed by atoms with van der Waals surface area (Å²) in [7, 11) is 0. The van der Waals surface area contributed by atoms with Crippen molar-refractivity contribution in [2.24, 2.45) is 0 Å². The fraction of sp³-hybridized carbons (Fsp3) is 0.312. The van der Waals surface area contributed by atoms with Crippen LogP contribution in [0.1, 0.15) is 23.0 Å². The van der Waals surface area contributed by atoms with E-state index in [0.717, 1.165) is 22.2 Å². The Hall–Kier alpha value is -2.07. The fourth-order valence-electron chi connectivity index (χ4n) is 2.14. The highest BCUT2D eigenvalue weighted by atomic mass is 16.5. The van der Waals surface area contributed by atoms with Crippen molar-refractivity contribution in [1.29, 1.82) is 0 Å². The molecule has 106 valence electrons. The predicted molar refractivity (Wildman–Crippen MR) is 81.0 cm³/mol. The third kappa shape index (κ3) is 3.27. The van der Waals surface area contributed by atoms with Crippen LogP contribution in [0.3, 0.4) is 0 Å². The minimum Gasteiger partial charge on any atom is -0.375 e. The van der Waals surface area contributed by atoms with Crippen molar-refractivity contribution < 1.29 is 9.53 Å². The second-order valence-electron chi connectivity index (χ2n) is 4.94. The molecule has 4 nitrogen and oxygen atoms in total. The Morgan fingerprint density at radius 1 is 1.40 bits per heavy atom. The lowest BCUT2D eigenvalue weighted by Gasteiger charge is -2.06. The summed E-state index contributed by atoms with van der Waals surface area (Å²) in [4.78, 5) is 15.5. The Morgan fingerprint density at radius 3 is 2.90 bits per heavy atom. The molecule has 1 aromatic carbocycles. The molecule has 2 N–H and O–H groups in total. The van der Waals surface area contributed by atoms with E-state index in [-0.39, 0.29) is 5.91 Å². The van der Waals surface area contributed by atoms with Gasteiger partial charge in [0, 0.05) is 23.1 Å². The van der Waals surface area contributed by atoms with Crippen molar-refractivity contribution in [2.45, 2.75) is 13.8 Å². The van der Waals surface area contributed by atoms with E-state index in [1.165, 1.54) is 0 Å². The Kier molecular flexibility index (Phi) is 4.58. The first-order chi connectivity index (χ1) is 9.59. The van der Waals surface area contributed by atoms with Gasteiger partial charge in [0.2, 0.25) is 0 Å². The highest BCUT2D eigenvalue weighted by Gasteiger charge is 2.14.